The Bertz CT molecular complexity index is 419. The molecule has 1 aromatic heterocycles. The average molecular weight is 302 g/mol. The highest BCUT2D eigenvalue weighted by atomic mass is 79.9. The second-order valence-corrected chi connectivity index (χ2v) is 4.83. The van der Waals surface area contributed by atoms with Gasteiger partial charge in [-0.3, -0.25) is 9.48 Å². The lowest BCUT2D eigenvalue weighted by Crippen LogP contribution is -2.49. The number of aryl methyl sites for hydroxylation is 2. The van der Waals surface area contributed by atoms with Gasteiger partial charge in [0, 0.05) is 25.1 Å². The molecule has 1 aliphatic heterocycles. The molecule has 0 saturated carbocycles. The van der Waals surface area contributed by atoms with E-state index in [1.54, 1.807) is 10.9 Å². The van der Waals surface area contributed by atoms with E-state index in [2.05, 4.69) is 21.0 Å². The molecule has 1 atom stereocenters. The lowest BCUT2D eigenvalue weighted by molar-refractivity contribution is 0.00520. The lowest BCUT2D eigenvalue weighted by Gasteiger charge is -2.34. The molecule has 0 aromatic carbocycles. The van der Waals surface area contributed by atoms with Gasteiger partial charge in [0.2, 0.25) is 0 Å². The lowest BCUT2D eigenvalue weighted by atomic mass is 10.2. The van der Waals surface area contributed by atoms with Crippen molar-refractivity contribution in [3.63, 3.8) is 0 Å². The molecule has 0 spiro atoms. The molecule has 0 N–H and O–H groups in total. The van der Waals surface area contributed by atoms with E-state index in [4.69, 9.17) is 4.74 Å². The van der Waals surface area contributed by atoms with Gasteiger partial charge in [0.25, 0.3) is 5.91 Å². The summed E-state index contributed by atoms with van der Waals surface area (Å²) >= 11 is 3.42. The van der Waals surface area contributed by atoms with Gasteiger partial charge in [0.1, 0.15) is 0 Å². The molecule has 1 amide bonds. The summed E-state index contributed by atoms with van der Waals surface area (Å²) in [6, 6.07) is 0.107. The van der Waals surface area contributed by atoms with Gasteiger partial charge >= 0.3 is 0 Å². The Labute approximate surface area is 109 Å². The molecule has 0 bridgehead atoms. The maximum Gasteiger partial charge on any atom is 0.257 e. The summed E-state index contributed by atoms with van der Waals surface area (Å²) in [7, 11) is 1.82. The standard InChI is InChI=1S/C11H16BrN3O2/c1-8-10(6-14(2)13-8)11(16)15-3-4-17-7-9(15)5-12/h6,9H,3-5,7H2,1-2H3. The predicted molar refractivity (Wildman–Crippen MR) is 67.4 cm³/mol. The zero-order valence-electron chi connectivity index (χ0n) is 10.0. The Morgan fingerprint density at radius 3 is 3.06 bits per heavy atom. The number of nitrogens with zero attached hydrogens (tertiary/aromatic N) is 3. The van der Waals surface area contributed by atoms with E-state index in [-0.39, 0.29) is 11.9 Å². The fourth-order valence-corrected chi connectivity index (χ4v) is 2.55. The minimum Gasteiger partial charge on any atom is -0.377 e. The molecule has 5 nitrogen and oxygen atoms in total. The molecule has 1 saturated heterocycles. The van der Waals surface area contributed by atoms with Crippen LogP contribution in [-0.2, 0) is 11.8 Å². The maximum absolute atomic E-state index is 12.4. The largest absolute Gasteiger partial charge is 0.377 e. The number of hydrogen-bond donors (Lipinski definition) is 0. The van der Waals surface area contributed by atoms with Gasteiger partial charge in [-0.15, -0.1) is 0 Å². The summed E-state index contributed by atoms with van der Waals surface area (Å²) < 4.78 is 7.05. The number of halogens is 1. The van der Waals surface area contributed by atoms with Crippen molar-refractivity contribution >= 4 is 21.8 Å². The van der Waals surface area contributed by atoms with Crippen molar-refractivity contribution in [2.75, 3.05) is 25.1 Å². The molecule has 1 fully saturated rings. The van der Waals surface area contributed by atoms with Gasteiger partial charge in [-0.2, -0.15) is 5.10 Å². The molecule has 17 heavy (non-hydrogen) atoms. The number of amides is 1. The number of alkyl halides is 1. The second kappa shape index (κ2) is 5.18. The van der Waals surface area contributed by atoms with Crippen molar-refractivity contribution in [3.05, 3.63) is 17.5 Å². The highest BCUT2D eigenvalue weighted by Gasteiger charge is 2.28. The fourth-order valence-electron chi connectivity index (χ4n) is 2.01. The molecule has 0 aliphatic carbocycles. The van der Waals surface area contributed by atoms with Crippen LogP contribution in [-0.4, -0.2) is 51.7 Å². The number of aromatic nitrogens is 2. The average Bonchev–Trinajstić information content (AvgIpc) is 2.67. The van der Waals surface area contributed by atoms with Gasteiger partial charge in [0.15, 0.2) is 0 Å². The number of hydrogen-bond acceptors (Lipinski definition) is 3. The van der Waals surface area contributed by atoms with Crippen LogP contribution in [0.15, 0.2) is 6.20 Å². The third kappa shape index (κ3) is 2.52. The minimum absolute atomic E-state index is 0.0448. The van der Waals surface area contributed by atoms with Crippen LogP contribution in [0.4, 0.5) is 0 Å². The number of morpholine rings is 1. The Morgan fingerprint density at radius 2 is 2.47 bits per heavy atom. The maximum atomic E-state index is 12.4. The summed E-state index contributed by atoms with van der Waals surface area (Å²) in [5, 5.41) is 4.94. The van der Waals surface area contributed by atoms with E-state index >= 15 is 0 Å². The summed E-state index contributed by atoms with van der Waals surface area (Å²) in [4.78, 5) is 14.3. The molecule has 94 valence electrons. The third-order valence-electron chi connectivity index (χ3n) is 2.91. The van der Waals surface area contributed by atoms with Crippen molar-refractivity contribution in [3.8, 4) is 0 Å². The molecule has 1 unspecified atom stereocenters. The van der Waals surface area contributed by atoms with Crippen LogP contribution in [0.1, 0.15) is 16.1 Å². The first-order valence-corrected chi connectivity index (χ1v) is 6.70. The van der Waals surface area contributed by atoms with Gasteiger partial charge in [-0.1, -0.05) is 15.9 Å². The molecule has 2 heterocycles. The highest BCUT2D eigenvalue weighted by Crippen LogP contribution is 2.15. The zero-order valence-corrected chi connectivity index (χ0v) is 11.6. The first-order valence-electron chi connectivity index (χ1n) is 5.58. The minimum atomic E-state index is 0.0448. The van der Waals surface area contributed by atoms with Crippen LogP contribution in [0.2, 0.25) is 0 Å². The number of carbonyl (C=O) groups is 1. The summed E-state index contributed by atoms with van der Waals surface area (Å²) in [6.07, 6.45) is 1.78. The fraction of sp³-hybridized carbons (Fsp3) is 0.636. The quantitative estimate of drug-likeness (QED) is 0.765. The molecular weight excluding hydrogens is 286 g/mol. The third-order valence-corrected chi connectivity index (χ3v) is 3.66. The molecule has 1 aromatic rings. The molecule has 2 rings (SSSR count). The molecule has 0 radical (unpaired) electrons. The van der Waals surface area contributed by atoms with Crippen molar-refractivity contribution < 1.29 is 9.53 Å². The van der Waals surface area contributed by atoms with Crippen LogP contribution in [0.25, 0.3) is 0 Å². The van der Waals surface area contributed by atoms with Crippen LogP contribution < -0.4 is 0 Å². The first kappa shape index (κ1) is 12.6. The Morgan fingerprint density at radius 1 is 1.71 bits per heavy atom. The van der Waals surface area contributed by atoms with E-state index in [1.807, 2.05) is 18.9 Å². The van der Waals surface area contributed by atoms with E-state index in [9.17, 15) is 4.79 Å². The van der Waals surface area contributed by atoms with Crippen LogP contribution in [0.5, 0.6) is 0 Å². The molecule has 6 heteroatoms. The summed E-state index contributed by atoms with van der Waals surface area (Å²) in [5.74, 6) is 0.0448. The van der Waals surface area contributed by atoms with Gasteiger partial charge in [0.05, 0.1) is 30.5 Å². The zero-order chi connectivity index (χ0) is 12.4. The van der Waals surface area contributed by atoms with E-state index in [0.29, 0.717) is 25.3 Å². The van der Waals surface area contributed by atoms with Crippen molar-refractivity contribution in [2.45, 2.75) is 13.0 Å². The van der Waals surface area contributed by atoms with Gasteiger partial charge < -0.3 is 9.64 Å². The number of rotatable bonds is 2. The van der Waals surface area contributed by atoms with E-state index < -0.39 is 0 Å². The summed E-state index contributed by atoms with van der Waals surface area (Å²) in [6.45, 7) is 3.70. The topological polar surface area (TPSA) is 47.4 Å². The number of carbonyl (C=O) groups excluding carboxylic acids is 1. The van der Waals surface area contributed by atoms with Gasteiger partial charge in [-0.05, 0) is 6.92 Å². The first-order chi connectivity index (χ1) is 8.13. The van der Waals surface area contributed by atoms with Crippen LogP contribution in [0.3, 0.4) is 0 Å². The van der Waals surface area contributed by atoms with Crippen LogP contribution >= 0.6 is 15.9 Å². The van der Waals surface area contributed by atoms with Crippen molar-refractivity contribution in [2.24, 2.45) is 7.05 Å². The van der Waals surface area contributed by atoms with Crippen molar-refractivity contribution in [1.29, 1.82) is 0 Å². The Hall–Kier alpha value is -0.880. The molecular formula is C11H16BrN3O2. The Kier molecular flexibility index (Phi) is 3.83. The monoisotopic (exact) mass is 301 g/mol. The summed E-state index contributed by atoms with van der Waals surface area (Å²) in [5.41, 5.74) is 1.46. The molecule has 1 aliphatic rings. The number of ether oxygens (including phenoxy) is 1. The van der Waals surface area contributed by atoms with E-state index in [1.165, 1.54) is 0 Å². The smallest absolute Gasteiger partial charge is 0.257 e. The van der Waals surface area contributed by atoms with Gasteiger partial charge in [-0.25, -0.2) is 0 Å². The van der Waals surface area contributed by atoms with Crippen molar-refractivity contribution in [1.82, 2.24) is 14.7 Å². The SMILES string of the molecule is Cc1nn(C)cc1C(=O)N1CCOCC1CBr. The second-order valence-electron chi connectivity index (χ2n) is 4.18. The van der Waals surface area contributed by atoms with Crippen LogP contribution in [0, 0.1) is 6.92 Å². The highest BCUT2D eigenvalue weighted by molar-refractivity contribution is 9.09. The normalized spacial score (nSPS) is 20.6. The van der Waals surface area contributed by atoms with E-state index in [0.717, 1.165) is 11.0 Å². The predicted octanol–water partition coefficient (Wildman–Crippen LogP) is 0.964. The Balaban J connectivity index is 2.21.